The molecule has 1 aliphatic rings. The third-order valence-electron chi connectivity index (χ3n) is 3.88. The van der Waals surface area contributed by atoms with Crippen LogP contribution in [-0.4, -0.2) is 22.4 Å². The Balaban J connectivity index is 1.73. The number of rotatable bonds is 5. The predicted octanol–water partition coefficient (Wildman–Crippen LogP) is 1.78. The van der Waals surface area contributed by atoms with E-state index in [4.69, 9.17) is 0 Å². The second-order valence-corrected chi connectivity index (χ2v) is 5.33. The molecule has 1 saturated carbocycles. The zero-order chi connectivity index (χ0) is 13.2. The van der Waals surface area contributed by atoms with Gasteiger partial charge in [-0.2, -0.15) is 5.10 Å². The van der Waals surface area contributed by atoms with Gasteiger partial charge in [0.1, 0.15) is 0 Å². The number of hydrogen-bond donors (Lipinski definition) is 1. The molecule has 0 spiro atoms. The number of para-hydroxylation sites is 1. The minimum atomic E-state index is -0.00819. The minimum Gasteiger partial charge on any atom is -0.312 e. The monoisotopic (exact) mass is 257 g/mol. The smallest absolute Gasteiger partial charge is 0.207 e. The van der Waals surface area contributed by atoms with Crippen LogP contribution < -0.4 is 10.7 Å². The molecule has 19 heavy (non-hydrogen) atoms. The van der Waals surface area contributed by atoms with Gasteiger partial charge >= 0.3 is 0 Å². The maximum absolute atomic E-state index is 11.7. The summed E-state index contributed by atoms with van der Waals surface area (Å²) in [4.78, 5) is 11.7. The van der Waals surface area contributed by atoms with E-state index in [9.17, 15) is 4.79 Å². The van der Waals surface area contributed by atoms with E-state index < -0.39 is 0 Å². The molecule has 3 rings (SSSR count). The average Bonchev–Trinajstić information content (AvgIpc) is 3.26. The Bertz CT molecular complexity index is 631. The van der Waals surface area contributed by atoms with Gasteiger partial charge in [0.2, 0.25) is 5.43 Å². The van der Waals surface area contributed by atoms with E-state index in [0.29, 0.717) is 6.04 Å². The molecular formula is C15H19N3O. The Morgan fingerprint density at radius 1 is 1.42 bits per heavy atom. The van der Waals surface area contributed by atoms with Crippen LogP contribution in [0.1, 0.15) is 19.8 Å². The molecule has 4 heteroatoms. The van der Waals surface area contributed by atoms with E-state index in [2.05, 4.69) is 17.3 Å². The largest absolute Gasteiger partial charge is 0.312 e. The van der Waals surface area contributed by atoms with Crippen LogP contribution in [0.4, 0.5) is 0 Å². The van der Waals surface area contributed by atoms with Crippen molar-refractivity contribution >= 4 is 10.9 Å². The summed E-state index contributed by atoms with van der Waals surface area (Å²) in [6.45, 7) is 3.92. The standard InChI is InChI=1S/C15H19N3O/c1-11(12-6-7-12)16-8-9-18-14-5-3-2-4-13(14)15(19)10-17-18/h2-5,10-12,16H,6-9H2,1H3. The first-order valence-corrected chi connectivity index (χ1v) is 6.94. The van der Waals surface area contributed by atoms with Crippen LogP contribution in [0.15, 0.2) is 35.3 Å². The third kappa shape index (κ3) is 2.68. The van der Waals surface area contributed by atoms with Gasteiger partial charge in [-0.25, -0.2) is 0 Å². The van der Waals surface area contributed by atoms with Gasteiger partial charge in [-0.1, -0.05) is 12.1 Å². The molecule has 4 nitrogen and oxygen atoms in total. The van der Waals surface area contributed by atoms with Crippen LogP contribution in [-0.2, 0) is 6.54 Å². The molecule has 1 fully saturated rings. The van der Waals surface area contributed by atoms with E-state index in [1.165, 1.54) is 19.0 Å². The van der Waals surface area contributed by atoms with Gasteiger partial charge < -0.3 is 5.32 Å². The van der Waals surface area contributed by atoms with Crippen LogP contribution in [0, 0.1) is 5.92 Å². The Morgan fingerprint density at radius 3 is 3.00 bits per heavy atom. The molecule has 0 radical (unpaired) electrons. The first kappa shape index (κ1) is 12.4. The predicted molar refractivity (Wildman–Crippen MR) is 76.2 cm³/mol. The van der Waals surface area contributed by atoms with E-state index in [0.717, 1.165) is 29.9 Å². The molecule has 1 aliphatic carbocycles. The summed E-state index contributed by atoms with van der Waals surface area (Å²) in [6, 6.07) is 8.23. The molecule has 0 bridgehead atoms. The van der Waals surface area contributed by atoms with Crippen LogP contribution in [0.2, 0.25) is 0 Å². The zero-order valence-electron chi connectivity index (χ0n) is 11.2. The van der Waals surface area contributed by atoms with Gasteiger partial charge in [0, 0.05) is 18.0 Å². The first-order chi connectivity index (χ1) is 9.25. The molecule has 1 atom stereocenters. The summed E-state index contributed by atoms with van der Waals surface area (Å²) < 4.78 is 1.91. The highest BCUT2D eigenvalue weighted by Gasteiger charge is 2.27. The van der Waals surface area contributed by atoms with Crippen molar-refractivity contribution in [2.45, 2.75) is 32.4 Å². The van der Waals surface area contributed by atoms with Gasteiger partial charge in [0.25, 0.3) is 0 Å². The molecule has 1 unspecified atom stereocenters. The molecule has 1 heterocycles. The lowest BCUT2D eigenvalue weighted by atomic mass is 10.2. The minimum absolute atomic E-state index is 0.00819. The van der Waals surface area contributed by atoms with Gasteiger partial charge in [0.15, 0.2) is 0 Å². The van der Waals surface area contributed by atoms with Crippen molar-refractivity contribution in [2.75, 3.05) is 6.54 Å². The van der Waals surface area contributed by atoms with Crippen molar-refractivity contribution in [3.05, 3.63) is 40.7 Å². The summed E-state index contributed by atoms with van der Waals surface area (Å²) in [7, 11) is 0. The summed E-state index contributed by atoms with van der Waals surface area (Å²) in [5.74, 6) is 0.860. The number of fused-ring (bicyclic) bond motifs is 1. The number of nitrogens with zero attached hydrogens (tertiary/aromatic N) is 2. The number of aromatic nitrogens is 2. The van der Waals surface area contributed by atoms with Crippen molar-refractivity contribution in [3.8, 4) is 0 Å². The summed E-state index contributed by atoms with van der Waals surface area (Å²) in [5.41, 5.74) is 0.905. The van der Waals surface area contributed by atoms with Gasteiger partial charge in [-0.05, 0) is 37.8 Å². The number of hydrogen-bond acceptors (Lipinski definition) is 3. The lowest BCUT2D eigenvalue weighted by molar-refractivity contribution is 0.465. The van der Waals surface area contributed by atoms with Gasteiger partial charge in [-0.15, -0.1) is 0 Å². The summed E-state index contributed by atoms with van der Waals surface area (Å²) >= 11 is 0. The van der Waals surface area contributed by atoms with Crippen LogP contribution in [0.25, 0.3) is 10.9 Å². The fourth-order valence-corrected chi connectivity index (χ4v) is 2.50. The molecule has 1 aromatic heterocycles. The highest BCUT2D eigenvalue weighted by atomic mass is 16.1. The SMILES string of the molecule is CC(NCCn1ncc(=O)c2ccccc21)C1CC1. The molecule has 1 N–H and O–H groups in total. The summed E-state index contributed by atoms with van der Waals surface area (Å²) in [6.07, 6.45) is 4.12. The lowest BCUT2D eigenvalue weighted by Crippen LogP contribution is -2.31. The normalized spacial score (nSPS) is 16.7. The molecular weight excluding hydrogens is 238 g/mol. The first-order valence-electron chi connectivity index (χ1n) is 6.94. The maximum Gasteiger partial charge on any atom is 0.207 e. The lowest BCUT2D eigenvalue weighted by Gasteiger charge is -2.14. The molecule has 0 saturated heterocycles. The highest BCUT2D eigenvalue weighted by molar-refractivity contribution is 5.77. The van der Waals surface area contributed by atoms with Crippen LogP contribution in [0.5, 0.6) is 0 Å². The van der Waals surface area contributed by atoms with E-state index in [-0.39, 0.29) is 5.43 Å². The molecule has 1 aromatic carbocycles. The Morgan fingerprint density at radius 2 is 2.21 bits per heavy atom. The zero-order valence-corrected chi connectivity index (χ0v) is 11.2. The molecule has 0 aliphatic heterocycles. The van der Waals surface area contributed by atoms with Crippen molar-refractivity contribution in [3.63, 3.8) is 0 Å². The topological polar surface area (TPSA) is 46.9 Å². The molecule has 2 aromatic rings. The Kier molecular flexibility index (Phi) is 3.34. The van der Waals surface area contributed by atoms with Crippen LogP contribution in [0.3, 0.4) is 0 Å². The number of benzene rings is 1. The maximum atomic E-state index is 11.7. The Hall–Kier alpha value is -1.68. The third-order valence-corrected chi connectivity index (χ3v) is 3.88. The fourth-order valence-electron chi connectivity index (χ4n) is 2.50. The molecule has 0 amide bonds. The second kappa shape index (κ2) is 5.13. The van der Waals surface area contributed by atoms with Crippen molar-refractivity contribution < 1.29 is 0 Å². The van der Waals surface area contributed by atoms with Gasteiger partial charge in [0.05, 0.1) is 18.3 Å². The highest BCUT2D eigenvalue weighted by Crippen LogP contribution is 2.32. The molecule has 100 valence electrons. The Labute approximate surface area is 112 Å². The van der Waals surface area contributed by atoms with Crippen LogP contribution >= 0.6 is 0 Å². The van der Waals surface area contributed by atoms with Crippen molar-refractivity contribution in [1.82, 2.24) is 15.1 Å². The number of nitrogens with one attached hydrogen (secondary N) is 1. The van der Waals surface area contributed by atoms with Crippen molar-refractivity contribution in [2.24, 2.45) is 5.92 Å². The van der Waals surface area contributed by atoms with E-state index >= 15 is 0 Å². The second-order valence-electron chi connectivity index (χ2n) is 5.33. The average molecular weight is 257 g/mol. The quantitative estimate of drug-likeness (QED) is 0.888. The van der Waals surface area contributed by atoms with E-state index in [1.54, 1.807) is 0 Å². The fraction of sp³-hybridized carbons (Fsp3) is 0.467. The van der Waals surface area contributed by atoms with E-state index in [1.807, 2.05) is 28.9 Å². The van der Waals surface area contributed by atoms with Crippen molar-refractivity contribution in [1.29, 1.82) is 0 Å². The van der Waals surface area contributed by atoms with Gasteiger partial charge in [-0.3, -0.25) is 9.48 Å². The summed E-state index contributed by atoms with van der Waals surface area (Å²) in [5, 5.41) is 8.50.